The summed E-state index contributed by atoms with van der Waals surface area (Å²) < 4.78 is 11.4. The molecule has 2 aliphatic rings. The number of benzene rings is 2. The molecule has 2 heterocycles. The van der Waals surface area contributed by atoms with Crippen molar-refractivity contribution in [2.45, 2.75) is 65.6 Å². The number of nitrogens with zero attached hydrogens (tertiary/aromatic N) is 2. The average molecular weight is 585 g/mol. The molecule has 0 unspecified atom stereocenters. The van der Waals surface area contributed by atoms with Crippen molar-refractivity contribution in [1.29, 1.82) is 0 Å². The molecule has 2 aliphatic heterocycles. The molecule has 4 rings (SSSR count). The maximum Gasteiger partial charge on any atom is 0.422 e. The first-order valence-corrected chi connectivity index (χ1v) is 13.6. The van der Waals surface area contributed by atoms with E-state index >= 15 is 0 Å². The normalized spacial score (nSPS) is 15.7. The molecule has 10 heteroatoms. The van der Waals surface area contributed by atoms with Crippen LogP contribution in [0.3, 0.4) is 0 Å². The fourth-order valence-corrected chi connectivity index (χ4v) is 4.56. The van der Waals surface area contributed by atoms with Crippen molar-refractivity contribution >= 4 is 58.6 Å². The van der Waals surface area contributed by atoms with Crippen LogP contribution in [0.4, 0.5) is 9.59 Å². The number of fused-ring (bicyclic) bond motifs is 1. The number of amides is 4. The highest BCUT2D eigenvalue weighted by atomic mass is 35.5. The predicted octanol–water partition coefficient (Wildman–Crippen LogP) is 7.45. The first-order chi connectivity index (χ1) is 18.7. The van der Waals surface area contributed by atoms with Crippen LogP contribution in [0.1, 0.15) is 65.5 Å². The smallest absolute Gasteiger partial charge is 0.422 e. The Morgan fingerprint density at radius 1 is 0.700 bits per heavy atom. The molecular formula is C30H30Cl2N2O6. The highest BCUT2D eigenvalue weighted by Crippen LogP contribution is 2.48. The minimum atomic E-state index is -0.958. The number of halogens is 2. The van der Waals surface area contributed by atoms with Gasteiger partial charge in [-0.2, -0.15) is 0 Å². The second-order valence-corrected chi connectivity index (χ2v) is 11.6. The summed E-state index contributed by atoms with van der Waals surface area (Å²) in [4.78, 5) is 57.0. The SMILES string of the molecule is CCC(C)(C)OC(=O)N1C(=O)C2=C(c3cccc(Cl)c3)N(C(=O)OC(C)(C)CC)C(=O)C2=C1c1cccc(Cl)c1. The lowest BCUT2D eigenvalue weighted by Crippen LogP contribution is -2.41. The van der Waals surface area contributed by atoms with Crippen LogP contribution in [-0.2, 0) is 19.1 Å². The zero-order valence-corrected chi connectivity index (χ0v) is 24.6. The van der Waals surface area contributed by atoms with Gasteiger partial charge in [-0.05, 0) is 64.8 Å². The minimum Gasteiger partial charge on any atom is -0.443 e. The zero-order chi connectivity index (χ0) is 29.6. The minimum absolute atomic E-state index is 0.0333. The monoisotopic (exact) mass is 584 g/mol. The van der Waals surface area contributed by atoms with Gasteiger partial charge in [0, 0.05) is 21.2 Å². The summed E-state index contributed by atoms with van der Waals surface area (Å²) in [5, 5.41) is 0.637. The number of carbonyl (C=O) groups is 4. The Labute approximate surface area is 243 Å². The van der Waals surface area contributed by atoms with E-state index in [1.54, 1.807) is 64.1 Å². The predicted molar refractivity (Wildman–Crippen MR) is 152 cm³/mol. The van der Waals surface area contributed by atoms with Gasteiger partial charge in [-0.25, -0.2) is 19.4 Å². The molecule has 0 spiro atoms. The summed E-state index contributed by atoms with van der Waals surface area (Å²) in [5.74, 6) is -1.65. The van der Waals surface area contributed by atoms with Gasteiger partial charge < -0.3 is 9.47 Å². The molecule has 2 aromatic carbocycles. The van der Waals surface area contributed by atoms with Gasteiger partial charge in [0.1, 0.15) is 11.2 Å². The van der Waals surface area contributed by atoms with E-state index in [2.05, 4.69) is 0 Å². The van der Waals surface area contributed by atoms with Crippen molar-refractivity contribution < 1.29 is 28.7 Å². The van der Waals surface area contributed by atoms with Crippen LogP contribution in [0, 0.1) is 0 Å². The van der Waals surface area contributed by atoms with Crippen molar-refractivity contribution in [3.63, 3.8) is 0 Å². The fourth-order valence-electron chi connectivity index (χ4n) is 4.18. The number of ether oxygens (including phenoxy) is 2. The topological polar surface area (TPSA) is 93.2 Å². The average Bonchev–Trinajstić information content (AvgIpc) is 3.35. The third kappa shape index (κ3) is 5.38. The molecule has 2 aromatic rings. The Morgan fingerprint density at radius 2 is 1.05 bits per heavy atom. The molecule has 0 saturated heterocycles. The van der Waals surface area contributed by atoms with Gasteiger partial charge in [-0.1, -0.05) is 61.3 Å². The fraction of sp³-hybridized carbons (Fsp3) is 0.333. The Kier molecular flexibility index (Phi) is 7.89. The van der Waals surface area contributed by atoms with Crippen molar-refractivity contribution in [2.24, 2.45) is 0 Å². The quantitative estimate of drug-likeness (QED) is 0.350. The van der Waals surface area contributed by atoms with E-state index in [9.17, 15) is 19.2 Å². The second kappa shape index (κ2) is 10.7. The van der Waals surface area contributed by atoms with Crippen molar-refractivity contribution in [3.05, 3.63) is 80.8 Å². The van der Waals surface area contributed by atoms with E-state index in [4.69, 9.17) is 32.7 Å². The first kappa shape index (κ1) is 29.4. The lowest BCUT2D eigenvalue weighted by Gasteiger charge is -2.29. The van der Waals surface area contributed by atoms with Gasteiger partial charge in [-0.15, -0.1) is 0 Å². The molecule has 0 aromatic heterocycles. The van der Waals surface area contributed by atoms with Crippen LogP contribution in [-0.4, -0.2) is 45.0 Å². The number of hydrogen-bond acceptors (Lipinski definition) is 6. The summed E-state index contributed by atoms with van der Waals surface area (Å²) in [6, 6.07) is 12.8. The molecule has 0 atom stereocenters. The largest absolute Gasteiger partial charge is 0.443 e. The molecular weight excluding hydrogens is 555 g/mol. The van der Waals surface area contributed by atoms with E-state index < -0.39 is 35.2 Å². The standard InChI is InChI=1S/C30H30Cl2N2O6/c1-7-29(3,4)39-27(37)33-23(17-11-9-13-19(31)15-17)21-22(25(33)35)24(18-12-10-14-20(32)16-18)34(26(21)36)28(38)40-30(5,6)8-2/h9-16H,7-8H2,1-6H3. The Balaban J connectivity index is 2.01. The number of rotatable bonds is 6. The molecule has 4 amide bonds. The molecule has 0 saturated carbocycles. The molecule has 0 N–H and O–H groups in total. The van der Waals surface area contributed by atoms with Gasteiger partial charge in [0.05, 0.1) is 22.5 Å². The Bertz CT molecular complexity index is 1380. The Morgan fingerprint density at radius 3 is 1.35 bits per heavy atom. The van der Waals surface area contributed by atoms with Crippen LogP contribution in [0.5, 0.6) is 0 Å². The zero-order valence-electron chi connectivity index (χ0n) is 23.1. The summed E-state index contributed by atoms with van der Waals surface area (Å²) >= 11 is 12.5. The van der Waals surface area contributed by atoms with E-state index in [0.717, 1.165) is 9.80 Å². The van der Waals surface area contributed by atoms with Gasteiger partial charge in [0.25, 0.3) is 11.8 Å². The number of imide groups is 2. The highest BCUT2D eigenvalue weighted by Gasteiger charge is 2.54. The summed E-state index contributed by atoms with van der Waals surface area (Å²) in [7, 11) is 0. The van der Waals surface area contributed by atoms with Crippen molar-refractivity contribution in [1.82, 2.24) is 9.80 Å². The van der Waals surface area contributed by atoms with Crippen LogP contribution < -0.4 is 0 Å². The molecule has 0 radical (unpaired) electrons. The highest BCUT2D eigenvalue weighted by molar-refractivity contribution is 6.36. The molecule has 0 fully saturated rings. The van der Waals surface area contributed by atoms with Gasteiger partial charge in [0.15, 0.2) is 0 Å². The van der Waals surface area contributed by atoms with Gasteiger partial charge in [0.2, 0.25) is 0 Å². The van der Waals surface area contributed by atoms with Crippen LogP contribution in [0.15, 0.2) is 59.7 Å². The third-order valence-electron chi connectivity index (χ3n) is 7.00. The van der Waals surface area contributed by atoms with E-state index in [1.165, 1.54) is 12.1 Å². The van der Waals surface area contributed by atoms with Gasteiger partial charge in [-0.3, -0.25) is 9.59 Å². The molecule has 0 bridgehead atoms. The van der Waals surface area contributed by atoms with Crippen molar-refractivity contribution in [2.75, 3.05) is 0 Å². The number of carbonyl (C=O) groups excluding carboxylic acids is 4. The van der Waals surface area contributed by atoms with Crippen LogP contribution >= 0.6 is 23.2 Å². The molecule has 40 heavy (non-hydrogen) atoms. The summed E-state index contributed by atoms with van der Waals surface area (Å²) in [6.07, 6.45) is -0.959. The Hall–Kier alpha value is -3.62. The second-order valence-electron chi connectivity index (χ2n) is 10.7. The van der Waals surface area contributed by atoms with E-state index in [-0.39, 0.29) is 22.5 Å². The van der Waals surface area contributed by atoms with Crippen LogP contribution in [0.2, 0.25) is 10.0 Å². The van der Waals surface area contributed by atoms with E-state index in [0.29, 0.717) is 34.0 Å². The summed E-state index contributed by atoms with van der Waals surface area (Å²) in [6.45, 7) is 10.5. The summed E-state index contributed by atoms with van der Waals surface area (Å²) in [5.41, 5.74) is -1.49. The van der Waals surface area contributed by atoms with Gasteiger partial charge >= 0.3 is 12.2 Å². The van der Waals surface area contributed by atoms with E-state index in [1.807, 2.05) is 13.8 Å². The number of hydrogen-bond donors (Lipinski definition) is 0. The first-order valence-electron chi connectivity index (χ1n) is 12.9. The lowest BCUT2D eigenvalue weighted by molar-refractivity contribution is -0.124. The van der Waals surface area contributed by atoms with Crippen molar-refractivity contribution in [3.8, 4) is 0 Å². The molecule has 8 nitrogen and oxygen atoms in total. The molecule has 210 valence electrons. The maximum absolute atomic E-state index is 14.1. The van der Waals surface area contributed by atoms with Crippen LogP contribution in [0.25, 0.3) is 11.4 Å². The third-order valence-corrected chi connectivity index (χ3v) is 7.47. The molecule has 0 aliphatic carbocycles. The maximum atomic E-state index is 14.1. The lowest BCUT2D eigenvalue weighted by atomic mass is 10.0.